The molecule has 1 aromatic rings. The summed E-state index contributed by atoms with van der Waals surface area (Å²) in [7, 11) is -3.36. The summed E-state index contributed by atoms with van der Waals surface area (Å²) in [5.74, 6) is 2.07. The molecule has 9 heteroatoms. The molecule has 1 saturated heterocycles. The zero-order valence-electron chi connectivity index (χ0n) is 17.5. The lowest BCUT2D eigenvalue weighted by Crippen LogP contribution is -2.39. The molecule has 0 aliphatic carbocycles. The lowest BCUT2D eigenvalue weighted by molar-refractivity contribution is 0.447. The second kappa shape index (κ2) is 10.8. The van der Waals surface area contributed by atoms with Crippen LogP contribution in [0.15, 0.2) is 21.3 Å². The van der Waals surface area contributed by atoms with Crippen LogP contribution < -0.4 is 10.6 Å². The number of nitrogens with zero attached hydrogens (tertiary/aromatic N) is 2. The lowest BCUT2D eigenvalue weighted by Gasteiger charge is -2.21. The van der Waals surface area contributed by atoms with Crippen molar-refractivity contribution in [3.8, 4) is 0 Å². The molecule has 2 heterocycles. The second-order valence-electron chi connectivity index (χ2n) is 7.08. The molecule has 6 nitrogen and oxygen atoms in total. The molecule has 2 rings (SSSR count). The quantitative estimate of drug-likeness (QED) is 0.427. The highest BCUT2D eigenvalue weighted by Gasteiger charge is 2.29. The zero-order chi connectivity index (χ0) is 20.6. The van der Waals surface area contributed by atoms with Crippen molar-refractivity contribution in [3.63, 3.8) is 0 Å². The first-order chi connectivity index (χ1) is 13.3. The van der Waals surface area contributed by atoms with Gasteiger partial charge in [-0.15, -0.1) is 11.3 Å². The Hall–Kier alpha value is -0.770. The first-order valence-electron chi connectivity index (χ1n) is 10.1. The molecule has 0 radical (unpaired) electrons. The fourth-order valence-corrected chi connectivity index (χ4v) is 7.37. The maximum Gasteiger partial charge on any atom is 0.252 e. The van der Waals surface area contributed by atoms with E-state index in [1.807, 2.05) is 31.7 Å². The van der Waals surface area contributed by atoms with E-state index in [0.717, 1.165) is 36.9 Å². The lowest BCUT2D eigenvalue weighted by atomic mass is 10.1. The Balaban J connectivity index is 1.91. The predicted octanol–water partition coefficient (Wildman–Crippen LogP) is 3.16. The summed E-state index contributed by atoms with van der Waals surface area (Å²) >= 11 is 3.38. The molecule has 0 bridgehead atoms. The van der Waals surface area contributed by atoms with E-state index in [4.69, 9.17) is 4.99 Å². The molecular formula is C19H34N4O2S3. The van der Waals surface area contributed by atoms with Crippen molar-refractivity contribution in [3.05, 3.63) is 17.0 Å². The summed E-state index contributed by atoms with van der Waals surface area (Å²) in [5.41, 5.74) is 0. The molecule has 160 valence electrons. The van der Waals surface area contributed by atoms with Gasteiger partial charge in [-0.25, -0.2) is 8.42 Å². The Bertz CT molecular complexity index is 736. The third-order valence-corrected chi connectivity index (χ3v) is 10.0. The minimum atomic E-state index is -3.36. The monoisotopic (exact) mass is 446 g/mol. The number of thioether (sulfide) groups is 1. The molecule has 1 fully saturated rings. The Morgan fingerprint density at radius 1 is 1.25 bits per heavy atom. The summed E-state index contributed by atoms with van der Waals surface area (Å²) in [4.78, 5) is 5.83. The summed E-state index contributed by atoms with van der Waals surface area (Å²) in [6, 6.07) is 3.65. The second-order valence-corrected chi connectivity index (χ2v) is 12.1. The van der Waals surface area contributed by atoms with Gasteiger partial charge in [-0.05, 0) is 51.0 Å². The molecule has 28 heavy (non-hydrogen) atoms. The highest BCUT2D eigenvalue weighted by molar-refractivity contribution is 8.00. The van der Waals surface area contributed by atoms with Gasteiger partial charge in [0, 0.05) is 35.8 Å². The van der Waals surface area contributed by atoms with Crippen LogP contribution in [0, 0.1) is 0 Å². The van der Waals surface area contributed by atoms with Gasteiger partial charge in [0.15, 0.2) is 5.96 Å². The van der Waals surface area contributed by atoms with E-state index in [1.165, 1.54) is 34.2 Å². The van der Waals surface area contributed by atoms with E-state index in [9.17, 15) is 8.42 Å². The highest BCUT2D eigenvalue weighted by Crippen LogP contribution is 2.37. The van der Waals surface area contributed by atoms with E-state index >= 15 is 0 Å². The maximum atomic E-state index is 12.6. The maximum absolute atomic E-state index is 12.6. The van der Waals surface area contributed by atoms with Crippen LogP contribution in [0.3, 0.4) is 0 Å². The average Bonchev–Trinajstić information content (AvgIpc) is 3.31. The van der Waals surface area contributed by atoms with Crippen molar-refractivity contribution >= 4 is 39.1 Å². The first kappa shape index (κ1) is 23.5. The van der Waals surface area contributed by atoms with Crippen molar-refractivity contribution in [2.45, 2.75) is 55.9 Å². The number of sulfonamides is 1. The fourth-order valence-electron chi connectivity index (χ4n) is 3.18. The molecule has 0 aromatic carbocycles. The third-order valence-electron chi connectivity index (χ3n) is 4.82. The summed E-state index contributed by atoms with van der Waals surface area (Å²) in [6.45, 7) is 11.4. The van der Waals surface area contributed by atoms with Gasteiger partial charge in [0.1, 0.15) is 4.21 Å². The third kappa shape index (κ3) is 6.37. The van der Waals surface area contributed by atoms with Gasteiger partial charge in [0.05, 0.1) is 6.54 Å². The van der Waals surface area contributed by atoms with E-state index in [0.29, 0.717) is 17.3 Å². The van der Waals surface area contributed by atoms with Gasteiger partial charge < -0.3 is 10.6 Å². The number of aliphatic imine (C=N–C) groups is 1. The van der Waals surface area contributed by atoms with E-state index in [-0.39, 0.29) is 4.75 Å². The zero-order valence-corrected chi connectivity index (χ0v) is 19.9. The van der Waals surface area contributed by atoms with Crippen LogP contribution in [0.25, 0.3) is 0 Å². The van der Waals surface area contributed by atoms with Crippen molar-refractivity contribution < 1.29 is 8.42 Å². The Kier molecular flexibility index (Phi) is 9.11. The normalized spacial score (nSPS) is 20.7. The summed E-state index contributed by atoms with van der Waals surface area (Å²) < 4.78 is 27.4. The Morgan fingerprint density at radius 3 is 2.61 bits per heavy atom. The predicted molar refractivity (Wildman–Crippen MR) is 122 cm³/mol. The smallest absolute Gasteiger partial charge is 0.252 e. The Labute approximate surface area is 178 Å². The van der Waals surface area contributed by atoms with Crippen LogP contribution >= 0.6 is 23.1 Å². The topological polar surface area (TPSA) is 73.8 Å². The van der Waals surface area contributed by atoms with Crippen molar-refractivity contribution in [2.75, 3.05) is 38.5 Å². The number of rotatable bonds is 10. The van der Waals surface area contributed by atoms with E-state index < -0.39 is 10.0 Å². The number of thiophene rings is 1. The van der Waals surface area contributed by atoms with Crippen molar-refractivity contribution in [2.24, 2.45) is 4.99 Å². The molecule has 1 aromatic heterocycles. The van der Waals surface area contributed by atoms with Gasteiger partial charge in [0.25, 0.3) is 10.0 Å². The minimum absolute atomic E-state index is 0.254. The summed E-state index contributed by atoms with van der Waals surface area (Å²) in [6.07, 6.45) is 3.27. The van der Waals surface area contributed by atoms with Crippen LogP contribution in [0.2, 0.25) is 0 Å². The van der Waals surface area contributed by atoms with Gasteiger partial charge >= 0.3 is 0 Å². The standard InChI is InChI=1S/C19H34N4O2S3/c1-5-20-18(22-15-19(4)12-8-14-26-19)21-13-11-16-9-10-17(27-16)28(24,25)23(6-2)7-3/h9-10H,5-8,11-15H2,1-4H3,(H2,20,21,22). The molecular weight excluding hydrogens is 412 g/mol. The number of guanidine groups is 1. The number of nitrogens with one attached hydrogen (secondary N) is 2. The fraction of sp³-hybridized carbons (Fsp3) is 0.737. The van der Waals surface area contributed by atoms with Gasteiger partial charge in [0.2, 0.25) is 0 Å². The van der Waals surface area contributed by atoms with Gasteiger partial charge in [-0.3, -0.25) is 4.99 Å². The highest BCUT2D eigenvalue weighted by atomic mass is 32.2. The number of hydrogen-bond acceptors (Lipinski definition) is 5. The molecule has 1 aliphatic rings. The minimum Gasteiger partial charge on any atom is -0.357 e. The van der Waals surface area contributed by atoms with Crippen LogP contribution in [0.4, 0.5) is 0 Å². The molecule has 1 unspecified atom stereocenters. The SMILES string of the molecule is CCNC(=NCC1(C)CCCS1)NCCc1ccc(S(=O)(=O)N(CC)CC)s1. The van der Waals surface area contributed by atoms with Crippen molar-refractivity contribution in [1.29, 1.82) is 0 Å². The molecule has 0 spiro atoms. The van der Waals surface area contributed by atoms with Gasteiger partial charge in [-0.1, -0.05) is 13.8 Å². The molecule has 0 saturated carbocycles. The number of hydrogen-bond donors (Lipinski definition) is 2. The average molecular weight is 447 g/mol. The van der Waals surface area contributed by atoms with Crippen LogP contribution in [-0.4, -0.2) is 61.9 Å². The van der Waals surface area contributed by atoms with E-state index in [2.05, 4.69) is 24.5 Å². The largest absolute Gasteiger partial charge is 0.357 e. The first-order valence-corrected chi connectivity index (χ1v) is 13.3. The molecule has 0 amide bonds. The van der Waals surface area contributed by atoms with Crippen LogP contribution in [0.1, 0.15) is 45.4 Å². The van der Waals surface area contributed by atoms with Crippen molar-refractivity contribution in [1.82, 2.24) is 14.9 Å². The van der Waals surface area contributed by atoms with Gasteiger partial charge in [-0.2, -0.15) is 16.1 Å². The Morgan fingerprint density at radius 2 is 2.00 bits per heavy atom. The van der Waals surface area contributed by atoms with E-state index in [1.54, 1.807) is 6.07 Å². The van der Waals surface area contributed by atoms with Crippen LogP contribution in [0.5, 0.6) is 0 Å². The van der Waals surface area contributed by atoms with Crippen LogP contribution in [-0.2, 0) is 16.4 Å². The molecule has 1 atom stereocenters. The summed E-state index contributed by atoms with van der Waals surface area (Å²) in [5, 5.41) is 6.68. The molecule has 2 N–H and O–H groups in total. The molecule has 1 aliphatic heterocycles.